The maximum Gasteiger partial charge on any atom is 0.341 e. The van der Waals surface area contributed by atoms with Gasteiger partial charge in [0.15, 0.2) is 11.0 Å². The van der Waals surface area contributed by atoms with E-state index < -0.39 is 0 Å². The van der Waals surface area contributed by atoms with Crippen molar-refractivity contribution >= 4 is 51.3 Å². The number of thioether (sulfide) groups is 1. The van der Waals surface area contributed by atoms with Gasteiger partial charge in [0.25, 0.3) is 0 Å². The molecule has 182 valence electrons. The number of rotatable bonds is 9. The molecule has 0 aromatic carbocycles. The fourth-order valence-electron chi connectivity index (χ4n) is 4.34. The van der Waals surface area contributed by atoms with Gasteiger partial charge in [0.2, 0.25) is 5.91 Å². The van der Waals surface area contributed by atoms with Gasteiger partial charge in [-0.1, -0.05) is 18.7 Å². The Labute approximate surface area is 212 Å². The first kappa shape index (κ1) is 24.9. The first-order valence-corrected chi connectivity index (χ1v) is 14.3. The normalized spacial score (nSPS) is 12.9. The van der Waals surface area contributed by atoms with E-state index in [2.05, 4.69) is 53.2 Å². The number of nitrogens with zero attached hydrogens (tertiary/aromatic N) is 3. The predicted octanol–water partition coefficient (Wildman–Crippen LogP) is 5.92. The van der Waals surface area contributed by atoms with E-state index in [0.717, 1.165) is 42.6 Å². The van der Waals surface area contributed by atoms with Crippen molar-refractivity contribution in [2.24, 2.45) is 0 Å². The van der Waals surface area contributed by atoms with E-state index in [9.17, 15) is 9.59 Å². The summed E-state index contributed by atoms with van der Waals surface area (Å²) in [5, 5.41) is 15.3. The lowest BCUT2D eigenvalue weighted by atomic mass is 10.1. The number of esters is 1. The minimum Gasteiger partial charge on any atom is -0.462 e. The van der Waals surface area contributed by atoms with Gasteiger partial charge in [-0.25, -0.2) is 4.79 Å². The van der Waals surface area contributed by atoms with Crippen LogP contribution in [0.3, 0.4) is 0 Å². The number of hydrogen-bond acceptors (Lipinski definition) is 8. The summed E-state index contributed by atoms with van der Waals surface area (Å²) in [5.74, 6) is 0.500. The van der Waals surface area contributed by atoms with Crippen LogP contribution in [0.4, 0.5) is 5.00 Å². The Morgan fingerprint density at radius 3 is 2.76 bits per heavy atom. The van der Waals surface area contributed by atoms with E-state index in [1.165, 1.54) is 38.4 Å². The highest BCUT2D eigenvalue weighted by Gasteiger charge is 2.28. The highest BCUT2D eigenvalue weighted by molar-refractivity contribution is 7.99. The Bertz CT molecular complexity index is 1210. The quantitative estimate of drug-likeness (QED) is 0.280. The van der Waals surface area contributed by atoms with Crippen LogP contribution in [0.5, 0.6) is 0 Å². The lowest BCUT2D eigenvalue weighted by molar-refractivity contribution is -0.113. The van der Waals surface area contributed by atoms with E-state index in [0.29, 0.717) is 22.3 Å². The fraction of sp³-hybridized carbons (Fsp3) is 0.500. The van der Waals surface area contributed by atoms with E-state index in [1.807, 2.05) is 0 Å². The molecule has 1 amide bonds. The van der Waals surface area contributed by atoms with Gasteiger partial charge in [0, 0.05) is 26.7 Å². The number of hydrogen-bond donors (Lipinski definition) is 1. The third-order valence-corrected chi connectivity index (χ3v) is 8.97. The molecule has 0 bridgehead atoms. The lowest BCUT2D eigenvalue weighted by Crippen LogP contribution is -2.17. The van der Waals surface area contributed by atoms with Crippen molar-refractivity contribution in [2.75, 3.05) is 17.7 Å². The summed E-state index contributed by atoms with van der Waals surface area (Å²) in [6, 6.07) is 0.149. The summed E-state index contributed by atoms with van der Waals surface area (Å²) in [6.07, 6.45) is 3.77. The molecule has 1 aliphatic rings. The topological polar surface area (TPSA) is 86.1 Å². The fourth-order valence-corrected chi connectivity index (χ4v) is 7.43. The highest BCUT2D eigenvalue weighted by atomic mass is 32.2. The van der Waals surface area contributed by atoms with Gasteiger partial charge in [-0.15, -0.1) is 32.9 Å². The van der Waals surface area contributed by atoms with Gasteiger partial charge in [0.05, 0.1) is 17.9 Å². The number of thiophene rings is 2. The molecule has 0 saturated carbocycles. The molecule has 1 aliphatic carbocycles. The average Bonchev–Trinajstić information content (AvgIpc) is 3.54. The van der Waals surface area contributed by atoms with Crippen LogP contribution in [-0.4, -0.2) is 39.0 Å². The average molecular weight is 519 g/mol. The van der Waals surface area contributed by atoms with Gasteiger partial charge in [-0.05, 0) is 64.5 Å². The Balaban J connectivity index is 1.51. The molecule has 4 rings (SSSR count). The monoisotopic (exact) mass is 518 g/mol. The van der Waals surface area contributed by atoms with Crippen molar-refractivity contribution in [1.29, 1.82) is 0 Å². The Morgan fingerprint density at radius 2 is 2.06 bits per heavy atom. The highest BCUT2D eigenvalue weighted by Crippen LogP contribution is 2.40. The molecule has 0 atom stereocenters. The number of carbonyl (C=O) groups is 2. The molecule has 10 heteroatoms. The summed E-state index contributed by atoms with van der Waals surface area (Å²) in [5.41, 5.74) is 3.99. The van der Waals surface area contributed by atoms with E-state index in [1.54, 1.807) is 18.3 Å². The molecule has 34 heavy (non-hydrogen) atoms. The van der Waals surface area contributed by atoms with Crippen LogP contribution >= 0.6 is 34.4 Å². The molecular weight excluding hydrogens is 488 g/mol. The maximum absolute atomic E-state index is 12.9. The third kappa shape index (κ3) is 4.81. The number of fused-ring (bicyclic) bond motifs is 1. The Morgan fingerprint density at radius 1 is 1.26 bits per heavy atom. The van der Waals surface area contributed by atoms with Crippen LogP contribution in [0, 0.1) is 6.92 Å². The second-order valence-electron chi connectivity index (χ2n) is 8.43. The zero-order valence-corrected chi connectivity index (χ0v) is 22.6. The number of aryl methyl sites for hydroxylation is 2. The van der Waals surface area contributed by atoms with Crippen LogP contribution in [0.1, 0.15) is 71.4 Å². The number of anilines is 1. The molecule has 3 aromatic rings. The number of nitrogens with one attached hydrogen (secondary N) is 1. The molecule has 0 spiro atoms. The second kappa shape index (κ2) is 10.6. The molecule has 3 aromatic heterocycles. The van der Waals surface area contributed by atoms with Gasteiger partial charge in [-0.3, -0.25) is 9.36 Å². The van der Waals surface area contributed by atoms with Crippen LogP contribution in [0.25, 0.3) is 11.4 Å². The first-order valence-electron chi connectivity index (χ1n) is 11.6. The molecule has 7 nitrogen and oxygen atoms in total. The number of carbonyl (C=O) groups excluding carboxylic acids is 2. The van der Waals surface area contributed by atoms with Crippen LogP contribution in [0.2, 0.25) is 0 Å². The molecule has 0 unspecified atom stereocenters. The van der Waals surface area contributed by atoms with Crippen molar-refractivity contribution in [2.45, 2.75) is 71.5 Å². The smallest absolute Gasteiger partial charge is 0.341 e. The number of aromatic nitrogens is 3. The summed E-state index contributed by atoms with van der Waals surface area (Å²) >= 11 is 4.59. The van der Waals surface area contributed by atoms with Crippen molar-refractivity contribution in [1.82, 2.24) is 14.8 Å². The molecular formula is C24H30N4O3S3. The SMILES string of the molecule is CCOC(=O)c1c(NC(=O)CSc2nnc(-c3csc(C)c3CC)n2C(C)C)sc2c1CCC2. The Kier molecular flexibility index (Phi) is 7.79. The molecule has 0 fully saturated rings. The van der Waals surface area contributed by atoms with Crippen molar-refractivity contribution in [3.05, 3.63) is 31.8 Å². The zero-order chi connectivity index (χ0) is 24.4. The van der Waals surface area contributed by atoms with Gasteiger partial charge >= 0.3 is 5.97 Å². The van der Waals surface area contributed by atoms with Crippen LogP contribution in [-0.2, 0) is 28.8 Å². The lowest BCUT2D eigenvalue weighted by Gasteiger charge is -2.14. The summed E-state index contributed by atoms with van der Waals surface area (Å²) in [4.78, 5) is 27.9. The molecule has 0 radical (unpaired) electrons. The van der Waals surface area contributed by atoms with Crippen LogP contribution in [0.15, 0.2) is 10.5 Å². The van der Waals surface area contributed by atoms with Gasteiger partial charge in [0.1, 0.15) is 5.00 Å². The summed E-state index contributed by atoms with van der Waals surface area (Å²) < 4.78 is 7.36. The van der Waals surface area contributed by atoms with Gasteiger partial charge in [-0.2, -0.15) is 0 Å². The zero-order valence-electron chi connectivity index (χ0n) is 20.2. The summed E-state index contributed by atoms with van der Waals surface area (Å²) in [6.45, 7) is 10.6. The minimum absolute atomic E-state index is 0.149. The number of ether oxygens (including phenoxy) is 1. The first-order chi connectivity index (χ1) is 16.3. The summed E-state index contributed by atoms with van der Waals surface area (Å²) in [7, 11) is 0. The maximum atomic E-state index is 12.9. The van der Waals surface area contributed by atoms with Gasteiger partial charge < -0.3 is 10.1 Å². The van der Waals surface area contributed by atoms with E-state index >= 15 is 0 Å². The van der Waals surface area contributed by atoms with Crippen molar-refractivity contribution in [3.8, 4) is 11.4 Å². The molecule has 1 N–H and O–H groups in total. The number of amides is 1. The van der Waals surface area contributed by atoms with Crippen molar-refractivity contribution in [3.63, 3.8) is 0 Å². The molecule has 0 aliphatic heterocycles. The standard InChI is InChI=1S/C24H30N4O3S3/c1-6-15-14(5)32-11-17(15)21-26-27-24(28(21)13(3)4)33-12-19(29)25-22-20(23(30)31-7-2)16-9-8-10-18(16)34-22/h11,13H,6-10,12H2,1-5H3,(H,25,29). The van der Waals surface area contributed by atoms with E-state index in [4.69, 9.17) is 4.74 Å². The second-order valence-corrected chi connectivity index (χ2v) is 11.6. The van der Waals surface area contributed by atoms with E-state index in [-0.39, 0.29) is 23.7 Å². The largest absolute Gasteiger partial charge is 0.462 e. The predicted molar refractivity (Wildman–Crippen MR) is 139 cm³/mol. The minimum atomic E-state index is -0.355. The third-order valence-electron chi connectivity index (χ3n) is 5.87. The molecule has 3 heterocycles. The van der Waals surface area contributed by atoms with Crippen LogP contribution < -0.4 is 5.32 Å². The van der Waals surface area contributed by atoms with Crippen molar-refractivity contribution < 1.29 is 14.3 Å². The molecule has 0 saturated heterocycles. The Hall–Kier alpha value is -2.17.